The number of nitrogens with one attached hydrogen (secondary N) is 1. The Morgan fingerprint density at radius 3 is 2.50 bits per heavy atom. The van der Waals surface area contributed by atoms with Gasteiger partial charge in [0.15, 0.2) is 6.61 Å². The van der Waals surface area contributed by atoms with Crippen molar-refractivity contribution in [3.05, 3.63) is 29.3 Å². The van der Waals surface area contributed by atoms with E-state index in [1.54, 1.807) is 4.90 Å². The summed E-state index contributed by atoms with van der Waals surface area (Å²) in [6.45, 7) is 5.46. The zero-order valence-electron chi connectivity index (χ0n) is 14.6. The molecule has 0 saturated carbocycles. The second-order valence-electron chi connectivity index (χ2n) is 6.19. The minimum Gasteiger partial charge on any atom is -0.484 e. The molecule has 24 heavy (non-hydrogen) atoms. The number of hydrogen-bond acceptors (Lipinski definition) is 4. The van der Waals surface area contributed by atoms with Gasteiger partial charge in [-0.2, -0.15) is 0 Å². The molecule has 1 saturated heterocycles. The third kappa shape index (κ3) is 5.23. The number of carbonyl (C=O) groups is 2. The van der Waals surface area contributed by atoms with Crippen LogP contribution in [0.1, 0.15) is 24.0 Å². The molecule has 6 heteroatoms. The molecule has 1 heterocycles. The molecule has 1 aliphatic heterocycles. The highest BCUT2D eigenvalue weighted by Crippen LogP contribution is 2.16. The second-order valence-corrected chi connectivity index (χ2v) is 6.19. The predicted molar refractivity (Wildman–Crippen MR) is 91.0 cm³/mol. The van der Waals surface area contributed by atoms with Gasteiger partial charge in [0.1, 0.15) is 12.4 Å². The first-order chi connectivity index (χ1) is 11.5. The van der Waals surface area contributed by atoms with Gasteiger partial charge in [0.2, 0.25) is 5.91 Å². The quantitative estimate of drug-likeness (QED) is 0.855. The van der Waals surface area contributed by atoms with E-state index in [1.807, 2.05) is 32.0 Å². The zero-order chi connectivity index (χ0) is 17.5. The summed E-state index contributed by atoms with van der Waals surface area (Å²) in [5, 5.41) is 2.97. The SMILES string of the molecule is COCC(=O)N1CCC(NC(=O)COc2ccc(C)c(C)c2)CC1. The summed E-state index contributed by atoms with van der Waals surface area (Å²) in [4.78, 5) is 25.5. The predicted octanol–water partition coefficient (Wildman–Crippen LogP) is 1.44. The van der Waals surface area contributed by atoms with Crippen LogP contribution in [-0.2, 0) is 14.3 Å². The molecule has 2 amide bonds. The molecule has 6 nitrogen and oxygen atoms in total. The fourth-order valence-electron chi connectivity index (χ4n) is 2.71. The van der Waals surface area contributed by atoms with Gasteiger partial charge in [0.25, 0.3) is 5.91 Å². The molecule has 0 spiro atoms. The number of amides is 2. The lowest BCUT2D eigenvalue weighted by atomic mass is 10.1. The standard InChI is InChI=1S/C18H26N2O4/c1-13-4-5-16(10-14(13)2)24-11-17(21)19-15-6-8-20(9-7-15)18(22)12-23-3/h4-5,10,15H,6-9,11-12H2,1-3H3,(H,19,21). The third-order valence-electron chi connectivity index (χ3n) is 4.33. The van der Waals surface area contributed by atoms with E-state index in [4.69, 9.17) is 9.47 Å². The molecular weight excluding hydrogens is 308 g/mol. The average Bonchev–Trinajstić information content (AvgIpc) is 2.57. The van der Waals surface area contributed by atoms with Gasteiger partial charge < -0.3 is 19.7 Å². The van der Waals surface area contributed by atoms with E-state index in [1.165, 1.54) is 12.7 Å². The number of aryl methyl sites for hydroxylation is 2. The van der Waals surface area contributed by atoms with Crippen LogP contribution in [0.3, 0.4) is 0 Å². The smallest absolute Gasteiger partial charge is 0.258 e. The maximum Gasteiger partial charge on any atom is 0.258 e. The molecular formula is C18H26N2O4. The van der Waals surface area contributed by atoms with Crippen LogP contribution in [0.2, 0.25) is 0 Å². The molecule has 1 aliphatic rings. The van der Waals surface area contributed by atoms with Crippen LogP contribution in [0.5, 0.6) is 5.75 Å². The van der Waals surface area contributed by atoms with Crippen LogP contribution in [0.15, 0.2) is 18.2 Å². The van der Waals surface area contributed by atoms with Crippen molar-refractivity contribution in [2.45, 2.75) is 32.7 Å². The molecule has 0 aromatic heterocycles. The monoisotopic (exact) mass is 334 g/mol. The van der Waals surface area contributed by atoms with Gasteiger partial charge >= 0.3 is 0 Å². The fourth-order valence-corrected chi connectivity index (χ4v) is 2.71. The number of likely N-dealkylation sites (tertiary alicyclic amines) is 1. The topological polar surface area (TPSA) is 67.9 Å². The third-order valence-corrected chi connectivity index (χ3v) is 4.33. The number of ether oxygens (including phenoxy) is 2. The molecule has 0 unspecified atom stereocenters. The minimum absolute atomic E-state index is 0.000325. The first kappa shape index (κ1) is 18.3. The van der Waals surface area contributed by atoms with Crippen LogP contribution < -0.4 is 10.1 Å². The van der Waals surface area contributed by atoms with Gasteiger partial charge in [-0.3, -0.25) is 9.59 Å². The Balaban J connectivity index is 1.71. The molecule has 0 radical (unpaired) electrons. The maximum absolute atomic E-state index is 12.0. The maximum atomic E-state index is 12.0. The van der Waals surface area contributed by atoms with Crippen molar-refractivity contribution >= 4 is 11.8 Å². The summed E-state index contributed by atoms with van der Waals surface area (Å²) in [5.41, 5.74) is 2.34. The van der Waals surface area contributed by atoms with Crippen molar-refractivity contribution in [1.82, 2.24) is 10.2 Å². The number of methoxy groups -OCH3 is 1. The molecule has 0 atom stereocenters. The Hall–Kier alpha value is -2.08. The van der Waals surface area contributed by atoms with E-state index in [9.17, 15) is 9.59 Å². The van der Waals surface area contributed by atoms with Crippen LogP contribution in [0.25, 0.3) is 0 Å². The van der Waals surface area contributed by atoms with Gasteiger partial charge in [-0.15, -0.1) is 0 Å². The second kappa shape index (κ2) is 8.68. The van der Waals surface area contributed by atoms with Crippen molar-refractivity contribution in [2.24, 2.45) is 0 Å². The first-order valence-electron chi connectivity index (χ1n) is 8.25. The normalized spacial score (nSPS) is 15.2. The van der Waals surface area contributed by atoms with Crippen molar-refractivity contribution in [1.29, 1.82) is 0 Å². The Labute approximate surface area is 143 Å². The lowest BCUT2D eigenvalue weighted by molar-refractivity contribution is -0.136. The molecule has 1 aromatic rings. The van der Waals surface area contributed by atoms with E-state index in [-0.39, 0.29) is 31.1 Å². The summed E-state index contributed by atoms with van der Waals surface area (Å²) in [7, 11) is 1.51. The lowest BCUT2D eigenvalue weighted by Crippen LogP contribution is -2.48. The summed E-state index contributed by atoms with van der Waals surface area (Å²) in [6.07, 6.45) is 1.51. The number of hydrogen-bond donors (Lipinski definition) is 1. The summed E-state index contributed by atoms with van der Waals surface area (Å²) in [5.74, 6) is 0.573. The van der Waals surface area contributed by atoms with E-state index in [2.05, 4.69) is 5.32 Å². The number of rotatable bonds is 6. The largest absolute Gasteiger partial charge is 0.484 e. The molecule has 1 N–H and O–H groups in total. The van der Waals surface area contributed by atoms with E-state index >= 15 is 0 Å². The Morgan fingerprint density at radius 1 is 1.17 bits per heavy atom. The summed E-state index contributed by atoms with van der Waals surface area (Å²) < 4.78 is 10.4. The molecule has 0 bridgehead atoms. The highest BCUT2D eigenvalue weighted by Gasteiger charge is 2.23. The number of benzene rings is 1. The molecule has 1 aromatic carbocycles. The molecule has 2 rings (SSSR count). The van der Waals surface area contributed by atoms with Gasteiger partial charge in [0, 0.05) is 26.2 Å². The van der Waals surface area contributed by atoms with Crippen molar-refractivity contribution in [2.75, 3.05) is 33.4 Å². The Morgan fingerprint density at radius 2 is 1.88 bits per heavy atom. The first-order valence-corrected chi connectivity index (χ1v) is 8.25. The van der Waals surface area contributed by atoms with Crippen LogP contribution in [-0.4, -0.2) is 56.2 Å². The fraction of sp³-hybridized carbons (Fsp3) is 0.556. The Kier molecular flexibility index (Phi) is 6.61. The van der Waals surface area contributed by atoms with Crippen molar-refractivity contribution < 1.29 is 19.1 Å². The summed E-state index contributed by atoms with van der Waals surface area (Å²) >= 11 is 0. The van der Waals surface area contributed by atoms with Crippen LogP contribution >= 0.6 is 0 Å². The van der Waals surface area contributed by atoms with Crippen LogP contribution in [0.4, 0.5) is 0 Å². The van der Waals surface area contributed by atoms with Gasteiger partial charge in [0.05, 0.1) is 0 Å². The van der Waals surface area contributed by atoms with E-state index in [0.717, 1.165) is 18.4 Å². The molecule has 1 fully saturated rings. The van der Waals surface area contributed by atoms with Crippen LogP contribution in [0, 0.1) is 13.8 Å². The highest BCUT2D eigenvalue weighted by atomic mass is 16.5. The van der Waals surface area contributed by atoms with Gasteiger partial charge in [-0.1, -0.05) is 6.07 Å². The average molecular weight is 334 g/mol. The Bertz CT molecular complexity index is 580. The van der Waals surface area contributed by atoms with E-state index < -0.39 is 0 Å². The van der Waals surface area contributed by atoms with Crippen molar-refractivity contribution in [3.8, 4) is 5.75 Å². The van der Waals surface area contributed by atoms with E-state index in [0.29, 0.717) is 18.8 Å². The van der Waals surface area contributed by atoms with Gasteiger partial charge in [-0.05, 0) is 49.9 Å². The molecule has 132 valence electrons. The van der Waals surface area contributed by atoms with Crippen molar-refractivity contribution in [3.63, 3.8) is 0 Å². The number of piperidine rings is 1. The number of nitrogens with zero attached hydrogens (tertiary/aromatic N) is 1. The molecule has 0 aliphatic carbocycles. The van der Waals surface area contributed by atoms with Gasteiger partial charge in [-0.25, -0.2) is 0 Å². The highest BCUT2D eigenvalue weighted by molar-refractivity contribution is 5.78. The lowest BCUT2D eigenvalue weighted by Gasteiger charge is -2.32. The zero-order valence-corrected chi connectivity index (χ0v) is 14.6. The number of carbonyl (C=O) groups excluding carboxylic acids is 2. The summed E-state index contributed by atoms with van der Waals surface area (Å²) in [6, 6.07) is 5.88. The minimum atomic E-state index is -0.130.